The maximum Gasteiger partial charge on any atom is 0.212 e. The predicted octanol–water partition coefficient (Wildman–Crippen LogP) is 3.23. The fourth-order valence-electron chi connectivity index (χ4n) is 1.56. The van der Waals surface area contributed by atoms with Crippen molar-refractivity contribution in [1.29, 1.82) is 5.26 Å². The summed E-state index contributed by atoms with van der Waals surface area (Å²) in [7, 11) is 1.58. The molecule has 0 aliphatic heterocycles. The lowest BCUT2D eigenvalue weighted by atomic mass is 10.2. The second-order valence-electron chi connectivity index (χ2n) is 3.87. The minimum atomic E-state index is 0.458. The highest BCUT2D eigenvalue weighted by atomic mass is 35.5. The molecule has 0 fully saturated rings. The van der Waals surface area contributed by atoms with Gasteiger partial charge in [0.15, 0.2) is 0 Å². The zero-order valence-corrected chi connectivity index (χ0v) is 11.1. The molecule has 0 radical (unpaired) electrons. The summed E-state index contributed by atoms with van der Waals surface area (Å²) in [6, 6.07) is 11.0. The molecular weight excluding hydrogens is 262 g/mol. The molecule has 4 nitrogen and oxygen atoms in total. The molecular formula is C14H12ClN3O. The van der Waals surface area contributed by atoms with E-state index in [-0.39, 0.29) is 0 Å². The van der Waals surface area contributed by atoms with Crippen molar-refractivity contribution in [2.24, 2.45) is 0 Å². The first-order chi connectivity index (χ1) is 9.22. The van der Waals surface area contributed by atoms with Crippen molar-refractivity contribution < 1.29 is 4.74 Å². The normalized spacial score (nSPS) is 9.74. The Balaban J connectivity index is 2.04. The number of anilines is 1. The molecule has 1 N–H and O–H groups in total. The minimum absolute atomic E-state index is 0.458. The van der Waals surface area contributed by atoms with E-state index in [9.17, 15) is 0 Å². The van der Waals surface area contributed by atoms with Gasteiger partial charge < -0.3 is 10.1 Å². The van der Waals surface area contributed by atoms with Gasteiger partial charge in [0.05, 0.1) is 17.7 Å². The lowest BCUT2D eigenvalue weighted by molar-refractivity contribution is 0.397. The van der Waals surface area contributed by atoms with Crippen molar-refractivity contribution in [1.82, 2.24) is 4.98 Å². The summed E-state index contributed by atoms with van der Waals surface area (Å²) >= 11 is 5.87. The van der Waals surface area contributed by atoms with E-state index < -0.39 is 0 Å². The van der Waals surface area contributed by atoms with E-state index in [1.807, 2.05) is 18.2 Å². The standard InChI is InChI=1S/C14H12ClN3O/c1-19-14-5-2-10(9-18-14)8-17-12-3-4-13(15)11(6-12)7-16/h2-6,9,17H,8H2,1H3. The van der Waals surface area contributed by atoms with E-state index in [2.05, 4.69) is 10.3 Å². The zero-order chi connectivity index (χ0) is 13.7. The molecule has 1 heterocycles. The number of benzene rings is 1. The third-order valence-corrected chi connectivity index (χ3v) is 2.92. The van der Waals surface area contributed by atoms with E-state index in [0.29, 0.717) is 23.0 Å². The summed E-state index contributed by atoms with van der Waals surface area (Å²) in [5.74, 6) is 0.585. The topological polar surface area (TPSA) is 57.9 Å². The van der Waals surface area contributed by atoms with Crippen molar-refractivity contribution in [3.05, 3.63) is 52.7 Å². The smallest absolute Gasteiger partial charge is 0.212 e. The van der Waals surface area contributed by atoms with Crippen LogP contribution < -0.4 is 10.1 Å². The van der Waals surface area contributed by atoms with Gasteiger partial charge in [-0.3, -0.25) is 0 Å². The highest BCUT2D eigenvalue weighted by Gasteiger charge is 2.01. The molecule has 0 aliphatic rings. The third-order valence-electron chi connectivity index (χ3n) is 2.59. The molecule has 0 unspecified atom stereocenters. The Morgan fingerprint density at radius 1 is 1.37 bits per heavy atom. The van der Waals surface area contributed by atoms with Crippen LogP contribution in [0.4, 0.5) is 5.69 Å². The quantitative estimate of drug-likeness (QED) is 0.929. The van der Waals surface area contributed by atoms with E-state index >= 15 is 0 Å². The number of nitrogens with zero attached hydrogens (tertiary/aromatic N) is 2. The Labute approximate surface area is 116 Å². The Morgan fingerprint density at radius 3 is 2.84 bits per heavy atom. The van der Waals surface area contributed by atoms with Gasteiger partial charge >= 0.3 is 0 Å². The summed E-state index contributed by atoms with van der Waals surface area (Å²) in [5, 5.41) is 12.6. The number of methoxy groups -OCH3 is 1. The molecule has 1 aromatic carbocycles. The molecule has 0 amide bonds. The summed E-state index contributed by atoms with van der Waals surface area (Å²) in [6.07, 6.45) is 1.74. The predicted molar refractivity (Wildman–Crippen MR) is 74.3 cm³/mol. The Hall–Kier alpha value is -2.25. The molecule has 2 rings (SSSR count). The lowest BCUT2D eigenvalue weighted by Crippen LogP contribution is -2.00. The number of hydrogen-bond donors (Lipinski definition) is 1. The second kappa shape index (κ2) is 6.07. The average Bonchev–Trinajstić information content (AvgIpc) is 2.47. The number of pyridine rings is 1. The second-order valence-corrected chi connectivity index (χ2v) is 4.28. The van der Waals surface area contributed by atoms with E-state index in [0.717, 1.165) is 11.3 Å². The molecule has 0 spiro atoms. The van der Waals surface area contributed by atoms with E-state index in [1.165, 1.54) is 0 Å². The maximum atomic E-state index is 8.90. The van der Waals surface area contributed by atoms with Gasteiger partial charge in [0.1, 0.15) is 6.07 Å². The van der Waals surface area contributed by atoms with Gasteiger partial charge in [0.2, 0.25) is 5.88 Å². The molecule has 0 saturated heterocycles. The summed E-state index contributed by atoms with van der Waals surface area (Å²) in [6.45, 7) is 0.615. The van der Waals surface area contributed by atoms with Gasteiger partial charge in [-0.1, -0.05) is 17.7 Å². The molecule has 96 valence electrons. The lowest BCUT2D eigenvalue weighted by Gasteiger charge is -2.07. The highest BCUT2D eigenvalue weighted by molar-refractivity contribution is 6.31. The fourth-order valence-corrected chi connectivity index (χ4v) is 1.72. The first-order valence-electron chi connectivity index (χ1n) is 5.65. The highest BCUT2D eigenvalue weighted by Crippen LogP contribution is 2.20. The molecule has 2 aromatic rings. The number of rotatable bonds is 4. The van der Waals surface area contributed by atoms with Crippen molar-refractivity contribution in [2.75, 3.05) is 12.4 Å². The van der Waals surface area contributed by atoms with Crippen LogP contribution in [0.15, 0.2) is 36.5 Å². The van der Waals surface area contributed by atoms with Crippen LogP contribution in [-0.4, -0.2) is 12.1 Å². The summed E-state index contributed by atoms with van der Waals surface area (Å²) in [4.78, 5) is 4.12. The molecule has 0 atom stereocenters. The van der Waals surface area contributed by atoms with Crippen LogP contribution in [0.5, 0.6) is 5.88 Å². The van der Waals surface area contributed by atoms with Gasteiger partial charge in [-0.2, -0.15) is 5.26 Å². The molecule has 0 aliphatic carbocycles. The number of nitrogens with one attached hydrogen (secondary N) is 1. The Kier molecular flexibility index (Phi) is 4.22. The van der Waals surface area contributed by atoms with Gasteiger partial charge in [-0.05, 0) is 23.8 Å². The molecule has 19 heavy (non-hydrogen) atoms. The van der Waals surface area contributed by atoms with Gasteiger partial charge in [0, 0.05) is 24.5 Å². The first-order valence-corrected chi connectivity index (χ1v) is 6.03. The monoisotopic (exact) mass is 273 g/mol. The number of hydrogen-bond acceptors (Lipinski definition) is 4. The molecule has 1 aromatic heterocycles. The third kappa shape index (κ3) is 3.36. The molecule has 0 saturated carbocycles. The van der Waals surface area contributed by atoms with E-state index in [4.69, 9.17) is 21.6 Å². The largest absolute Gasteiger partial charge is 0.481 e. The van der Waals surface area contributed by atoms with Crippen molar-refractivity contribution in [2.45, 2.75) is 6.54 Å². The number of ether oxygens (including phenoxy) is 1. The fraction of sp³-hybridized carbons (Fsp3) is 0.143. The van der Waals surface area contributed by atoms with Crippen molar-refractivity contribution in [3.63, 3.8) is 0 Å². The van der Waals surface area contributed by atoms with Crippen LogP contribution in [0.25, 0.3) is 0 Å². The Morgan fingerprint density at radius 2 is 2.21 bits per heavy atom. The maximum absolute atomic E-state index is 8.90. The van der Waals surface area contributed by atoms with E-state index in [1.54, 1.807) is 31.5 Å². The van der Waals surface area contributed by atoms with Crippen LogP contribution in [0.3, 0.4) is 0 Å². The van der Waals surface area contributed by atoms with Crippen LogP contribution in [0.2, 0.25) is 5.02 Å². The average molecular weight is 274 g/mol. The first kappa shape index (κ1) is 13.2. The molecule has 5 heteroatoms. The number of halogens is 1. The van der Waals surface area contributed by atoms with Crippen molar-refractivity contribution in [3.8, 4) is 11.9 Å². The molecule has 0 bridgehead atoms. The zero-order valence-electron chi connectivity index (χ0n) is 10.4. The van der Waals surface area contributed by atoms with Crippen LogP contribution in [0, 0.1) is 11.3 Å². The Bertz CT molecular complexity index is 605. The summed E-state index contributed by atoms with van der Waals surface area (Å²) < 4.78 is 4.99. The number of nitriles is 1. The van der Waals surface area contributed by atoms with Crippen LogP contribution in [-0.2, 0) is 6.54 Å². The minimum Gasteiger partial charge on any atom is -0.481 e. The van der Waals surface area contributed by atoms with Gasteiger partial charge in [-0.15, -0.1) is 0 Å². The van der Waals surface area contributed by atoms with Crippen LogP contribution in [0.1, 0.15) is 11.1 Å². The van der Waals surface area contributed by atoms with Gasteiger partial charge in [-0.25, -0.2) is 4.98 Å². The SMILES string of the molecule is COc1ccc(CNc2ccc(Cl)c(C#N)c2)cn1. The van der Waals surface area contributed by atoms with Crippen molar-refractivity contribution >= 4 is 17.3 Å². The van der Waals surface area contributed by atoms with Crippen LogP contribution >= 0.6 is 11.6 Å². The summed E-state index contributed by atoms with van der Waals surface area (Å²) in [5.41, 5.74) is 2.32. The number of aromatic nitrogens is 1. The van der Waals surface area contributed by atoms with Gasteiger partial charge in [0.25, 0.3) is 0 Å².